The lowest BCUT2D eigenvalue weighted by Gasteiger charge is -2.31. The fraction of sp³-hybridized carbons (Fsp3) is 0.375. The number of carbonyl (C=O) groups excluding carboxylic acids is 1. The van der Waals surface area contributed by atoms with Gasteiger partial charge in [-0.05, 0) is 55.5 Å². The van der Waals surface area contributed by atoms with E-state index in [0.717, 1.165) is 37.1 Å². The van der Waals surface area contributed by atoms with Crippen LogP contribution in [0.5, 0.6) is 0 Å². The number of nitrogens with zero attached hydrogens (tertiary/aromatic N) is 2. The van der Waals surface area contributed by atoms with Crippen molar-refractivity contribution in [2.75, 3.05) is 19.6 Å². The lowest BCUT2D eigenvalue weighted by Crippen LogP contribution is -2.39. The summed E-state index contributed by atoms with van der Waals surface area (Å²) in [7, 11) is -3.64. The molecule has 1 saturated heterocycles. The molecule has 160 valence electrons. The molecule has 30 heavy (non-hydrogen) atoms. The molecule has 0 N–H and O–H groups in total. The van der Waals surface area contributed by atoms with Crippen molar-refractivity contribution in [3.8, 4) is 0 Å². The van der Waals surface area contributed by atoms with Crippen LogP contribution in [0.4, 0.5) is 0 Å². The Morgan fingerprint density at radius 1 is 1.17 bits per heavy atom. The zero-order valence-corrected chi connectivity index (χ0v) is 18.6. The van der Waals surface area contributed by atoms with Gasteiger partial charge >= 0.3 is 0 Å². The fourth-order valence-corrected chi connectivity index (χ4v) is 5.16. The van der Waals surface area contributed by atoms with Gasteiger partial charge in [-0.2, -0.15) is 4.31 Å². The highest BCUT2D eigenvalue weighted by Crippen LogP contribution is 2.21. The average Bonchev–Trinajstić information content (AvgIpc) is 2.74. The number of sulfonamides is 1. The first-order valence-electron chi connectivity index (χ1n) is 10.4. The van der Waals surface area contributed by atoms with Crippen LogP contribution in [0.15, 0.2) is 66.1 Å². The summed E-state index contributed by atoms with van der Waals surface area (Å²) in [5.74, 6) is 0.574. The lowest BCUT2D eigenvalue weighted by molar-refractivity contribution is 0.0683. The largest absolute Gasteiger partial charge is 0.338 e. The number of aryl methyl sites for hydroxylation is 1. The minimum Gasteiger partial charge on any atom is -0.338 e. The second kappa shape index (κ2) is 9.58. The van der Waals surface area contributed by atoms with Gasteiger partial charge in [-0.25, -0.2) is 8.42 Å². The summed E-state index contributed by atoms with van der Waals surface area (Å²) >= 11 is 0. The molecular weight excluding hydrogens is 396 g/mol. The summed E-state index contributed by atoms with van der Waals surface area (Å²) < 4.78 is 27.5. The first kappa shape index (κ1) is 22.2. The maximum Gasteiger partial charge on any atom is 0.253 e. The second-order valence-corrected chi connectivity index (χ2v) is 10.0. The van der Waals surface area contributed by atoms with Gasteiger partial charge in [0.05, 0.1) is 4.90 Å². The van der Waals surface area contributed by atoms with E-state index < -0.39 is 10.0 Å². The Kier molecular flexibility index (Phi) is 7.10. The van der Waals surface area contributed by atoms with Crippen LogP contribution >= 0.6 is 0 Å². The summed E-state index contributed by atoms with van der Waals surface area (Å²) in [6.45, 7) is 9.82. The van der Waals surface area contributed by atoms with Crippen LogP contribution in [0, 0.1) is 12.8 Å². The maximum atomic E-state index is 13.1. The number of rotatable bonds is 7. The van der Waals surface area contributed by atoms with Crippen LogP contribution in [0.25, 0.3) is 0 Å². The first-order valence-corrected chi connectivity index (χ1v) is 11.8. The predicted octanol–water partition coefficient (Wildman–Crippen LogP) is 4.24. The molecule has 0 saturated carbocycles. The van der Waals surface area contributed by atoms with E-state index in [0.29, 0.717) is 11.5 Å². The standard InChI is InChI=1S/C24H30N2O3S/c1-4-15-26(30(28,29)23-13-7-19(2)8-14-23)18-21-9-11-22(12-10-21)24(27)25-16-5-6-20(3)17-25/h4,7-14,20H,1,5-6,15-18H2,2-3H3. The highest BCUT2D eigenvalue weighted by molar-refractivity contribution is 7.89. The topological polar surface area (TPSA) is 57.7 Å². The number of carbonyl (C=O) groups is 1. The molecule has 0 bridgehead atoms. The van der Waals surface area contributed by atoms with Gasteiger partial charge in [-0.15, -0.1) is 6.58 Å². The number of hydrogen-bond acceptors (Lipinski definition) is 3. The number of hydrogen-bond donors (Lipinski definition) is 0. The molecule has 1 aliphatic rings. The van der Waals surface area contributed by atoms with Crippen molar-refractivity contribution in [1.29, 1.82) is 0 Å². The summed E-state index contributed by atoms with van der Waals surface area (Å²) in [6, 6.07) is 14.1. The first-order chi connectivity index (χ1) is 14.3. The molecule has 5 nitrogen and oxygen atoms in total. The minimum atomic E-state index is -3.64. The number of piperidine rings is 1. The Hall–Kier alpha value is -2.44. The molecule has 0 aliphatic carbocycles. The summed E-state index contributed by atoms with van der Waals surface area (Å²) in [6.07, 6.45) is 3.79. The molecular formula is C24H30N2O3S. The third-order valence-electron chi connectivity index (χ3n) is 5.50. The maximum absolute atomic E-state index is 13.1. The molecule has 1 amide bonds. The van der Waals surface area contributed by atoms with E-state index in [1.54, 1.807) is 42.5 Å². The summed E-state index contributed by atoms with van der Waals surface area (Å²) in [5.41, 5.74) is 2.48. The van der Waals surface area contributed by atoms with Gasteiger partial charge in [0.15, 0.2) is 0 Å². The molecule has 1 fully saturated rings. The third-order valence-corrected chi connectivity index (χ3v) is 7.32. The molecule has 1 atom stereocenters. The van der Waals surface area contributed by atoms with Crippen molar-refractivity contribution in [1.82, 2.24) is 9.21 Å². The van der Waals surface area contributed by atoms with Gasteiger partial charge < -0.3 is 4.90 Å². The highest BCUT2D eigenvalue weighted by atomic mass is 32.2. The summed E-state index contributed by atoms with van der Waals surface area (Å²) in [4.78, 5) is 14.9. The highest BCUT2D eigenvalue weighted by Gasteiger charge is 2.24. The molecule has 1 unspecified atom stereocenters. The SMILES string of the molecule is C=CCN(Cc1ccc(C(=O)N2CCCC(C)C2)cc1)S(=O)(=O)c1ccc(C)cc1. The van der Waals surface area contributed by atoms with E-state index in [1.807, 2.05) is 24.0 Å². The normalized spacial score (nSPS) is 17.2. The molecule has 0 spiro atoms. The molecule has 0 radical (unpaired) electrons. The molecule has 3 rings (SSSR count). The Morgan fingerprint density at radius 2 is 1.83 bits per heavy atom. The van der Waals surface area contributed by atoms with Crippen molar-refractivity contribution in [3.63, 3.8) is 0 Å². The lowest BCUT2D eigenvalue weighted by atomic mass is 9.99. The molecule has 2 aromatic carbocycles. The van der Waals surface area contributed by atoms with Crippen LogP contribution in [0.1, 0.15) is 41.3 Å². The van der Waals surface area contributed by atoms with Gasteiger partial charge in [-0.3, -0.25) is 4.79 Å². The molecule has 0 aromatic heterocycles. The number of benzene rings is 2. The molecule has 6 heteroatoms. The van der Waals surface area contributed by atoms with Crippen LogP contribution in [-0.2, 0) is 16.6 Å². The van der Waals surface area contributed by atoms with Gasteiger partial charge in [0.25, 0.3) is 5.91 Å². The van der Waals surface area contributed by atoms with Crippen molar-refractivity contribution in [3.05, 3.63) is 77.9 Å². The Balaban J connectivity index is 1.75. The van der Waals surface area contributed by atoms with Gasteiger partial charge in [0, 0.05) is 31.7 Å². The minimum absolute atomic E-state index is 0.0447. The number of amides is 1. The van der Waals surface area contributed by atoms with Crippen molar-refractivity contribution in [2.45, 2.75) is 38.1 Å². The van der Waals surface area contributed by atoms with E-state index in [1.165, 1.54) is 4.31 Å². The van der Waals surface area contributed by atoms with Crippen LogP contribution in [-0.4, -0.2) is 43.2 Å². The van der Waals surface area contributed by atoms with Crippen LogP contribution in [0.3, 0.4) is 0 Å². The molecule has 1 heterocycles. The van der Waals surface area contributed by atoms with Crippen molar-refractivity contribution < 1.29 is 13.2 Å². The van der Waals surface area contributed by atoms with Crippen molar-refractivity contribution >= 4 is 15.9 Å². The number of likely N-dealkylation sites (tertiary alicyclic amines) is 1. The quantitative estimate of drug-likeness (QED) is 0.622. The molecule has 2 aromatic rings. The molecule has 1 aliphatic heterocycles. The summed E-state index contributed by atoms with van der Waals surface area (Å²) in [5, 5.41) is 0. The van der Waals surface area contributed by atoms with E-state index >= 15 is 0 Å². The van der Waals surface area contributed by atoms with Crippen LogP contribution < -0.4 is 0 Å². The van der Waals surface area contributed by atoms with E-state index in [-0.39, 0.29) is 23.9 Å². The fourth-order valence-electron chi connectivity index (χ4n) is 3.76. The zero-order valence-electron chi connectivity index (χ0n) is 17.8. The van der Waals surface area contributed by atoms with Gasteiger partial charge in [-0.1, -0.05) is 42.8 Å². The predicted molar refractivity (Wildman–Crippen MR) is 120 cm³/mol. The Morgan fingerprint density at radius 3 is 2.43 bits per heavy atom. The van der Waals surface area contributed by atoms with E-state index in [4.69, 9.17) is 0 Å². The monoisotopic (exact) mass is 426 g/mol. The second-order valence-electron chi connectivity index (χ2n) is 8.09. The zero-order chi connectivity index (χ0) is 21.7. The van der Waals surface area contributed by atoms with Gasteiger partial charge in [0.2, 0.25) is 10.0 Å². The smallest absolute Gasteiger partial charge is 0.253 e. The Labute approximate surface area is 180 Å². The van der Waals surface area contributed by atoms with Crippen LogP contribution in [0.2, 0.25) is 0 Å². The third kappa shape index (κ3) is 5.18. The van der Waals surface area contributed by atoms with Crippen molar-refractivity contribution in [2.24, 2.45) is 5.92 Å². The van der Waals surface area contributed by atoms with E-state index in [2.05, 4.69) is 13.5 Å². The van der Waals surface area contributed by atoms with E-state index in [9.17, 15) is 13.2 Å². The Bertz CT molecular complexity index is 982. The van der Waals surface area contributed by atoms with Gasteiger partial charge in [0.1, 0.15) is 0 Å². The average molecular weight is 427 g/mol.